The monoisotopic (exact) mass is 328 g/mol. The van der Waals surface area contributed by atoms with Gasteiger partial charge in [-0.15, -0.1) is 0 Å². The third-order valence-corrected chi connectivity index (χ3v) is 4.71. The number of amides is 2. The number of para-hydroxylation sites is 1. The Labute approximate surface area is 142 Å². The number of nitrogens with one attached hydrogen (secondary N) is 1. The van der Waals surface area contributed by atoms with E-state index in [1.807, 2.05) is 30.3 Å². The number of nitrogens with two attached hydrogens (primary N) is 1. The van der Waals surface area contributed by atoms with E-state index >= 15 is 0 Å². The van der Waals surface area contributed by atoms with Gasteiger partial charge in [-0.2, -0.15) is 5.10 Å². The van der Waals surface area contributed by atoms with E-state index in [0.29, 0.717) is 5.71 Å². The fourth-order valence-electron chi connectivity index (χ4n) is 3.38. The van der Waals surface area contributed by atoms with Crippen LogP contribution in [0, 0.1) is 0 Å². The second kappa shape index (κ2) is 7.47. The van der Waals surface area contributed by atoms with Crippen molar-refractivity contribution in [2.75, 3.05) is 5.01 Å². The van der Waals surface area contributed by atoms with E-state index in [1.165, 1.54) is 12.8 Å². The normalized spacial score (nSPS) is 21.9. The average Bonchev–Trinajstić information content (AvgIpc) is 2.89. The first-order chi connectivity index (χ1) is 11.6. The summed E-state index contributed by atoms with van der Waals surface area (Å²) in [5, 5.41) is 9.03. The van der Waals surface area contributed by atoms with Crippen LogP contribution in [0.5, 0.6) is 0 Å². The number of nitrogens with zero attached hydrogens (tertiary/aromatic N) is 2. The first-order valence-corrected chi connectivity index (χ1v) is 8.67. The molecule has 0 radical (unpaired) electrons. The highest BCUT2D eigenvalue weighted by Crippen LogP contribution is 2.24. The molecule has 2 aliphatic rings. The molecule has 1 heterocycles. The Kier molecular flexibility index (Phi) is 5.13. The number of anilines is 1. The lowest BCUT2D eigenvalue weighted by atomic mass is 10.1. The number of rotatable bonds is 4. The third-order valence-electron chi connectivity index (χ3n) is 4.71. The van der Waals surface area contributed by atoms with Crippen LogP contribution in [0.1, 0.15) is 44.9 Å². The van der Waals surface area contributed by atoms with Crippen LogP contribution in [0.3, 0.4) is 0 Å². The van der Waals surface area contributed by atoms with Gasteiger partial charge >= 0.3 is 0 Å². The van der Waals surface area contributed by atoms with Gasteiger partial charge in [-0.1, -0.05) is 43.9 Å². The zero-order valence-electron chi connectivity index (χ0n) is 13.8. The van der Waals surface area contributed by atoms with E-state index in [-0.39, 0.29) is 18.4 Å². The zero-order chi connectivity index (χ0) is 16.9. The lowest BCUT2D eigenvalue weighted by Crippen LogP contribution is -2.41. The molecule has 1 unspecified atom stereocenters. The molecule has 3 rings (SSSR count). The maximum Gasteiger partial charge on any atom is 0.267 e. The lowest BCUT2D eigenvalue weighted by molar-refractivity contribution is -0.119. The number of hydrazone groups is 1. The highest BCUT2D eigenvalue weighted by Gasteiger charge is 2.35. The average molecular weight is 328 g/mol. The fraction of sp³-hybridized carbons (Fsp3) is 0.500. The van der Waals surface area contributed by atoms with Crippen molar-refractivity contribution in [3.8, 4) is 0 Å². The van der Waals surface area contributed by atoms with E-state index in [1.54, 1.807) is 5.01 Å². The van der Waals surface area contributed by atoms with E-state index in [9.17, 15) is 9.59 Å². The van der Waals surface area contributed by atoms with E-state index in [4.69, 9.17) is 5.73 Å². The molecule has 1 fully saturated rings. The molecule has 0 bridgehead atoms. The lowest BCUT2D eigenvalue weighted by Gasteiger charge is -2.20. The van der Waals surface area contributed by atoms with Gasteiger partial charge in [-0.25, -0.2) is 0 Å². The van der Waals surface area contributed by atoms with Crippen molar-refractivity contribution in [3.63, 3.8) is 0 Å². The number of hydrogen-bond donors (Lipinski definition) is 2. The quantitative estimate of drug-likeness (QED) is 0.828. The molecule has 1 aliphatic heterocycles. The Morgan fingerprint density at radius 1 is 1.08 bits per heavy atom. The summed E-state index contributed by atoms with van der Waals surface area (Å²) >= 11 is 0. The summed E-state index contributed by atoms with van der Waals surface area (Å²) in [5.41, 5.74) is 6.65. The Bertz CT molecular complexity index is 621. The first-order valence-electron chi connectivity index (χ1n) is 8.67. The highest BCUT2D eigenvalue weighted by atomic mass is 16.2. The van der Waals surface area contributed by atoms with Crippen LogP contribution in [0.4, 0.5) is 5.69 Å². The van der Waals surface area contributed by atoms with E-state index in [0.717, 1.165) is 31.4 Å². The fourth-order valence-corrected chi connectivity index (χ4v) is 3.38. The Morgan fingerprint density at radius 2 is 1.75 bits per heavy atom. The molecule has 0 aromatic heterocycles. The van der Waals surface area contributed by atoms with Crippen LogP contribution >= 0.6 is 0 Å². The van der Waals surface area contributed by atoms with Crippen molar-refractivity contribution < 1.29 is 9.59 Å². The van der Waals surface area contributed by atoms with Gasteiger partial charge in [0.2, 0.25) is 5.91 Å². The summed E-state index contributed by atoms with van der Waals surface area (Å²) in [5.74, 6) is -0.647. The molecule has 2 amide bonds. The second-order valence-corrected chi connectivity index (χ2v) is 6.51. The van der Waals surface area contributed by atoms with Gasteiger partial charge in [0.25, 0.3) is 5.91 Å². The maximum atomic E-state index is 12.6. The standard InChI is InChI=1S/C18H24N4O2/c19-17(23)16-12-15(21-22(16)14-10-6-3-7-11-14)18(24)20-13-8-4-1-2-5-9-13/h3,6-7,10-11,13,16H,1-2,4-5,8-9,12H2,(H2,19,23)(H,20,24). The number of primary amides is 1. The molecule has 1 atom stereocenters. The molecule has 1 aromatic carbocycles. The minimum absolute atomic E-state index is 0.174. The van der Waals surface area contributed by atoms with Gasteiger partial charge in [0, 0.05) is 12.5 Å². The molecule has 0 spiro atoms. The smallest absolute Gasteiger partial charge is 0.267 e. The predicted octanol–water partition coefficient (Wildman–Crippen LogP) is 1.95. The van der Waals surface area contributed by atoms with Crippen molar-refractivity contribution in [1.29, 1.82) is 0 Å². The van der Waals surface area contributed by atoms with Crippen LogP contribution in [-0.2, 0) is 9.59 Å². The molecule has 6 heteroatoms. The minimum Gasteiger partial charge on any atom is -0.368 e. The second-order valence-electron chi connectivity index (χ2n) is 6.51. The molecule has 1 saturated carbocycles. The van der Waals surface area contributed by atoms with Gasteiger partial charge in [-0.3, -0.25) is 14.6 Å². The number of carbonyl (C=O) groups is 2. The third kappa shape index (κ3) is 3.75. The summed E-state index contributed by atoms with van der Waals surface area (Å²) in [4.78, 5) is 24.3. The van der Waals surface area contributed by atoms with Gasteiger partial charge in [0.1, 0.15) is 11.8 Å². The highest BCUT2D eigenvalue weighted by molar-refractivity contribution is 6.40. The molecule has 1 aromatic rings. The molecule has 24 heavy (non-hydrogen) atoms. The molecule has 128 valence electrons. The zero-order valence-corrected chi connectivity index (χ0v) is 13.8. The van der Waals surface area contributed by atoms with Crippen LogP contribution in [0.2, 0.25) is 0 Å². The number of hydrogen-bond acceptors (Lipinski definition) is 4. The predicted molar refractivity (Wildman–Crippen MR) is 93.6 cm³/mol. The number of benzene rings is 1. The van der Waals surface area contributed by atoms with Crippen LogP contribution in [-0.4, -0.2) is 29.6 Å². The molecule has 1 aliphatic carbocycles. The van der Waals surface area contributed by atoms with Crippen LogP contribution < -0.4 is 16.1 Å². The topological polar surface area (TPSA) is 87.8 Å². The molecular formula is C18H24N4O2. The van der Waals surface area contributed by atoms with Gasteiger partial charge in [-0.05, 0) is 25.0 Å². The van der Waals surface area contributed by atoms with Gasteiger partial charge in [0.15, 0.2) is 0 Å². The Hall–Kier alpha value is -2.37. The van der Waals surface area contributed by atoms with Crippen molar-refractivity contribution in [2.24, 2.45) is 10.8 Å². The van der Waals surface area contributed by atoms with Crippen LogP contribution in [0.25, 0.3) is 0 Å². The first kappa shape index (κ1) is 16.5. The van der Waals surface area contributed by atoms with E-state index < -0.39 is 11.9 Å². The summed E-state index contributed by atoms with van der Waals surface area (Å²) in [6.07, 6.45) is 7.05. The summed E-state index contributed by atoms with van der Waals surface area (Å²) in [6.45, 7) is 0. The summed E-state index contributed by atoms with van der Waals surface area (Å²) < 4.78 is 0. The van der Waals surface area contributed by atoms with Gasteiger partial charge < -0.3 is 11.1 Å². The van der Waals surface area contributed by atoms with Crippen LogP contribution in [0.15, 0.2) is 35.4 Å². The maximum absolute atomic E-state index is 12.6. The Balaban J connectivity index is 1.72. The SMILES string of the molecule is NC(=O)C1CC(C(=O)NC2CCCCCC2)=NN1c1ccccc1. The van der Waals surface area contributed by atoms with Crippen molar-refractivity contribution in [3.05, 3.63) is 30.3 Å². The largest absolute Gasteiger partial charge is 0.368 e. The number of carbonyl (C=O) groups excluding carboxylic acids is 2. The van der Waals surface area contributed by atoms with Crippen molar-refractivity contribution >= 4 is 23.2 Å². The summed E-state index contributed by atoms with van der Waals surface area (Å²) in [6, 6.07) is 8.93. The molecule has 6 nitrogen and oxygen atoms in total. The van der Waals surface area contributed by atoms with Gasteiger partial charge in [0.05, 0.1) is 5.69 Å². The molecule has 0 saturated heterocycles. The Morgan fingerprint density at radius 3 is 2.38 bits per heavy atom. The minimum atomic E-state index is -0.609. The van der Waals surface area contributed by atoms with E-state index in [2.05, 4.69) is 10.4 Å². The molecular weight excluding hydrogens is 304 g/mol. The van der Waals surface area contributed by atoms with Crippen molar-refractivity contribution in [1.82, 2.24) is 5.32 Å². The van der Waals surface area contributed by atoms with Crippen molar-refractivity contribution in [2.45, 2.75) is 57.0 Å². The summed E-state index contributed by atoms with van der Waals surface area (Å²) in [7, 11) is 0. The molecule has 3 N–H and O–H groups in total.